The molecule has 0 saturated carbocycles. The highest BCUT2D eigenvalue weighted by Crippen LogP contribution is 2.06. The van der Waals surface area contributed by atoms with Gasteiger partial charge in [0.1, 0.15) is 5.78 Å². The van der Waals surface area contributed by atoms with Gasteiger partial charge in [0.2, 0.25) is 0 Å². The van der Waals surface area contributed by atoms with Crippen LogP contribution in [0.3, 0.4) is 0 Å². The van der Waals surface area contributed by atoms with Gasteiger partial charge >= 0.3 is 5.97 Å². The number of thioether (sulfide) groups is 1. The number of carbonyl (C=O) groups excluding carboxylic acids is 2. The SMILES string of the molecule is COC(=O)CCCCC(=O)CCSC(N)=[NH2+].O=S(=O)([O-])[O-]. The summed E-state index contributed by atoms with van der Waals surface area (Å²) in [5.41, 5.74) is 5.24. The number of hydrogen-bond acceptors (Lipinski definition) is 8. The largest absolute Gasteiger partial charge is 0.759 e. The number of nitrogens with two attached hydrogens (primary N) is 2. The van der Waals surface area contributed by atoms with E-state index >= 15 is 0 Å². The number of esters is 1. The van der Waals surface area contributed by atoms with E-state index in [4.69, 9.17) is 28.7 Å². The number of rotatable bonds is 8. The van der Waals surface area contributed by atoms with Gasteiger partial charge in [0.05, 0.1) is 7.11 Å². The Morgan fingerprint density at radius 2 is 1.67 bits per heavy atom. The van der Waals surface area contributed by atoms with Crippen LogP contribution in [-0.2, 0) is 24.7 Å². The number of unbranched alkanes of at least 4 members (excludes halogenated alkanes) is 1. The topological polar surface area (TPSA) is 175 Å². The van der Waals surface area contributed by atoms with E-state index in [1.807, 2.05) is 0 Å². The lowest BCUT2D eigenvalue weighted by Gasteiger charge is -2.06. The Labute approximate surface area is 127 Å². The van der Waals surface area contributed by atoms with Crippen LogP contribution in [0, 0.1) is 0 Å². The summed E-state index contributed by atoms with van der Waals surface area (Å²) in [4.78, 5) is 22.1. The second kappa shape index (κ2) is 12.6. The molecule has 124 valence electrons. The van der Waals surface area contributed by atoms with Crippen molar-refractivity contribution in [3.8, 4) is 0 Å². The summed E-state index contributed by atoms with van der Waals surface area (Å²) < 4.78 is 38.6. The number of amidine groups is 1. The van der Waals surface area contributed by atoms with Crippen LogP contribution in [0.4, 0.5) is 0 Å². The van der Waals surface area contributed by atoms with E-state index in [-0.39, 0.29) is 11.8 Å². The van der Waals surface area contributed by atoms with Crippen LogP contribution < -0.4 is 11.1 Å². The third-order valence-corrected chi connectivity index (χ3v) is 2.71. The Morgan fingerprint density at radius 3 is 2.10 bits per heavy atom. The molecule has 0 spiro atoms. The minimum absolute atomic E-state index is 0.179. The molecule has 0 saturated heterocycles. The van der Waals surface area contributed by atoms with Crippen molar-refractivity contribution in [2.75, 3.05) is 12.9 Å². The van der Waals surface area contributed by atoms with E-state index in [2.05, 4.69) is 4.74 Å². The summed E-state index contributed by atoms with van der Waals surface area (Å²) in [5, 5.41) is 5.53. The number of ketones is 1. The Morgan fingerprint density at radius 1 is 1.19 bits per heavy atom. The molecule has 0 aliphatic rings. The molecule has 0 aliphatic carbocycles. The van der Waals surface area contributed by atoms with Crippen molar-refractivity contribution in [3.05, 3.63) is 0 Å². The number of methoxy groups -OCH3 is 1. The number of ether oxygens (including phenoxy) is 1. The molecule has 0 aliphatic heterocycles. The van der Waals surface area contributed by atoms with Gasteiger partial charge in [-0.25, -0.2) is 0 Å². The van der Waals surface area contributed by atoms with Crippen molar-refractivity contribution < 1.29 is 37.3 Å². The van der Waals surface area contributed by atoms with E-state index in [0.717, 1.165) is 6.42 Å². The molecular weight excluding hydrogens is 324 g/mol. The molecule has 4 N–H and O–H groups in total. The van der Waals surface area contributed by atoms with Gasteiger partial charge in [-0.3, -0.25) is 29.1 Å². The summed E-state index contributed by atoms with van der Waals surface area (Å²) in [5.74, 6) is 0.574. The van der Waals surface area contributed by atoms with Gasteiger partial charge in [0.15, 0.2) is 0 Å². The highest BCUT2D eigenvalue weighted by Gasteiger charge is 2.05. The zero-order valence-corrected chi connectivity index (χ0v) is 13.2. The Bertz CT molecular complexity index is 429. The van der Waals surface area contributed by atoms with Crippen molar-refractivity contribution in [3.63, 3.8) is 0 Å². The molecule has 0 heterocycles. The quantitative estimate of drug-likeness (QED) is 0.128. The average Bonchev–Trinajstić information content (AvgIpc) is 2.31. The third kappa shape index (κ3) is 27.9. The maximum absolute atomic E-state index is 11.3. The van der Waals surface area contributed by atoms with Crippen LogP contribution in [0.25, 0.3) is 0 Å². The molecule has 0 atom stereocenters. The van der Waals surface area contributed by atoms with Crippen LogP contribution in [0.15, 0.2) is 0 Å². The zero-order valence-electron chi connectivity index (χ0n) is 11.6. The van der Waals surface area contributed by atoms with Crippen LogP contribution in [0.5, 0.6) is 0 Å². The van der Waals surface area contributed by atoms with Crippen molar-refractivity contribution in [2.24, 2.45) is 5.73 Å². The highest BCUT2D eigenvalue weighted by molar-refractivity contribution is 8.13. The molecule has 21 heavy (non-hydrogen) atoms. The molecule has 0 bridgehead atoms. The van der Waals surface area contributed by atoms with Crippen molar-refractivity contribution in [1.82, 2.24) is 0 Å². The second-order valence-electron chi connectivity index (χ2n) is 3.73. The van der Waals surface area contributed by atoms with E-state index in [9.17, 15) is 9.59 Å². The first-order valence-electron chi connectivity index (χ1n) is 5.82. The Balaban J connectivity index is 0. The molecule has 0 aromatic carbocycles. The molecule has 0 unspecified atom stereocenters. The lowest BCUT2D eigenvalue weighted by atomic mass is 10.1. The molecular formula is C10H19N2O7S2-. The van der Waals surface area contributed by atoms with Gasteiger partial charge in [-0.15, -0.1) is 0 Å². The normalized spacial score (nSPS) is 10.2. The molecule has 0 radical (unpaired) electrons. The van der Waals surface area contributed by atoms with Gasteiger partial charge in [-0.05, 0) is 24.6 Å². The van der Waals surface area contributed by atoms with Crippen LogP contribution in [0.2, 0.25) is 0 Å². The van der Waals surface area contributed by atoms with Gasteiger partial charge in [-0.1, -0.05) is 0 Å². The lowest BCUT2D eigenvalue weighted by Crippen LogP contribution is -2.43. The molecule has 0 aromatic heterocycles. The van der Waals surface area contributed by atoms with E-state index in [0.29, 0.717) is 36.6 Å². The second-order valence-corrected chi connectivity index (χ2v) is 5.72. The molecule has 0 fully saturated rings. The van der Waals surface area contributed by atoms with E-state index < -0.39 is 10.4 Å². The first-order chi connectivity index (χ1) is 9.56. The minimum atomic E-state index is -5.17. The average molecular weight is 343 g/mol. The maximum Gasteiger partial charge on any atom is 0.305 e. The van der Waals surface area contributed by atoms with Gasteiger partial charge in [-0.2, -0.15) is 0 Å². The lowest BCUT2D eigenvalue weighted by molar-refractivity contribution is -0.140. The molecule has 0 rings (SSSR count). The first kappa shape index (κ1) is 22.1. The first-order valence-corrected chi connectivity index (χ1v) is 8.14. The molecule has 0 aromatic rings. The Kier molecular flexibility index (Phi) is 13.2. The predicted molar refractivity (Wildman–Crippen MR) is 74.2 cm³/mol. The summed E-state index contributed by atoms with van der Waals surface area (Å²) in [7, 11) is -3.81. The van der Waals surface area contributed by atoms with Crippen LogP contribution in [0.1, 0.15) is 32.1 Å². The van der Waals surface area contributed by atoms with E-state index in [1.165, 1.54) is 18.9 Å². The molecule has 0 amide bonds. The zero-order chi connectivity index (χ0) is 16.9. The van der Waals surface area contributed by atoms with Crippen LogP contribution in [-0.4, -0.2) is 47.3 Å². The van der Waals surface area contributed by atoms with Gasteiger partial charge < -0.3 is 13.8 Å². The fourth-order valence-corrected chi connectivity index (χ4v) is 1.67. The Hall–Kier alpha value is -1.17. The van der Waals surface area contributed by atoms with Crippen molar-refractivity contribution in [1.29, 1.82) is 0 Å². The smallest absolute Gasteiger partial charge is 0.305 e. The summed E-state index contributed by atoms with van der Waals surface area (Å²) in [6, 6.07) is 0. The fourth-order valence-electron chi connectivity index (χ4n) is 1.10. The number of Topliss-reactive ketones (excluding diaryl/α,β-unsaturated/α-hetero) is 1. The van der Waals surface area contributed by atoms with Gasteiger partial charge in [0.25, 0.3) is 5.17 Å². The standard InChI is InChI=1S/C10H18N2O3S.H2O4S/c1-15-9(14)5-3-2-4-8(13)6-7-16-10(11)12;1-5(2,3)4/h2-7H2,1H3,(H3,11,12);(H2,1,2,3,4)/p-1. The van der Waals surface area contributed by atoms with Gasteiger partial charge in [0, 0.05) is 35.4 Å². The monoisotopic (exact) mass is 343 g/mol. The van der Waals surface area contributed by atoms with Crippen molar-refractivity contribution in [2.45, 2.75) is 32.1 Å². The highest BCUT2D eigenvalue weighted by atomic mass is 32.3. The summed E-state index contributed by atoms with van der Waals surface area (Å²) >= 11 is 1.28. The summed E-state index contributed by atoms with van der Waals surface area (Å²) in [6.07, 6.45) is 2.77. The summed E-state index contributed by atoms with van der Waals surface area (Å²) in [6.45, 7) is 0. The van der Waals surface area contributed by atoms with Crippen LogP contribution >= 0.6 is 11.8 Å². The number of hydrogen-bond donors (Lipinski definition) is 2. The minimum Gasteiger partial charge on any atom is -0.759 e. The van der Waals surface area contributed by atoms with E-state index in [1.54, 1.807) is 0 Å². The number of carbonyl (C=O) groups is 2. The third-order valence-electron chi connectivity index (χ3n) is 1.96. The maximum atomic E-state index is 11.3. The van der Waals surface area contributed by atoms with Crippen molar-refractivity contribution >= 4 is 39.1 Å². The fraction of sp³-hybridized carbons (Fsp3) is 0.700. The molecule has 11 heteroatoms. The predicted octanol–water partition coefficient (Wildman–Crippen LogP) is -1.85. The molecule has 9 nitrogen and oxygen atoms in total.